The average Bonchev–Trinajstić information content (AvgIpc) is 2.12. The van der Waals surface area contributed by atoms with Crippen LogP contribution in [0.3, 0.4) is 0 Å². The number of rotatable bonds is 8. The van der Waals surface area contributed by atoms with Crippen molar-refractivity contribution in [1.82, 2.24) is 0 Å². The minimum Gasteiger partial charge on any atom is -0.326 e. The molecule has 0 bridgehead atoms. The van der Waals surface area contributed by atoms with Crippen molar-refractivity contribution in [2.45, 2.75) is 77.7 Å². The van der Waals surface area contributed by atoms with Crippen molar-refractivity contribution in [3.63, 3.8) is 0 Å². The van der Waals surface area contributed by atoms with E-state index in [0.717, 1.165) is 0 Å². The molecule has 0 aromatic rings. The Labute approximate surface area is 112 Å². The molecule has 6 heteroatoms. The van der Waals surface area contributed by atoms with Crippen LogP contribution in [0.5, 0.6) is 0 Å². The van der Waals surface area contributed by atoms with Crippen molar-refractivity contribution in [1.29, 1.82) is 0 Å². The monoisotopic (exact) mass is 283 g/mol. The summed E-state index contributed by atoms with van der Waals surface area (Å²) in [6.45, 7) is 6.49. The molecule has 0 atom stereocenters. The molecule has 0 heterocycles. The van der Waals surface area contributed by atoms with E-state index in [4.69, 9.17) is 23.3 Å². The van der Waals surface area contributed by atoms with Crippen molar-refractivity contribution in [3.05, 3.63) is 0 Å². The van der Waals surface area contributed by atoms with E-state index in [2.05, 4.69) is 20.8 Å². The first-order valence-corrected chi connectivity index (χ1v) is 7.94. The lowest BCUT2D eigenvalue weighted by atomic mass is 9.97. The molecule has 0 aliphatic rings. The molecule has 0 saturated heterocycles. The molecular formula is C12H29NO4S. The maximum atomic E-state index is 8.74. The van der Waals surface area contributed by atoms with Gasteiger partial charge >= 0.3 is 10.4 Å². The summed E-state index contributed by atoms with van der Waals surface area (Å²) in [6, 6.07) is 0. The molecule has 0 rings (SSSR count). The second-order valence-corrected chi connectivity index (χ2v) is 6.20. The van der Waals surface area contributed by atoms with E-state index in [0.29, 0.717) is 0 Å². The summed E-state index contributed by atoms with van der Waals surface area (Å²) in [5.41, 5.74) is 5.94. The van der Waals surface area contributed by atoms with Crippen LogP contribution in [-0.2, 0) is 10.4 Å². The number of hydrogen-bond acceptors (Lipinski definition) is 3. The molecule has 0 aliphatic carbocycles. The summed E-state index contributed by atoms with van der Waals surface area (Å²) in [4.78, 5) is 0. The molecular weight excluding hydrogens is 254 g/mol. The standard InChI is InChI=1S/C12H27N.H2O4S/c1-4-5-6-7-8-9-10-11-12(2,3)13;1-5(2,3)4/h4-11,13H2,1-3H3;(H2,1,2,3,4). The predicted molar refractivity (Wildman–Crippen MR) is 75.1 cm³/mol. The van der Waals surface area contributed by atoms with Crippen molar-refractivity contribution in [2.24, 2.45) is 5.73 Å². The van der Waals surface area contributed by atoms with Gasteiger partial charge in [-0.25, -0.2) is 0 Å². The van der Waals surface area contributed by atoms with E-state index in [1.807, 2.05) is 0 Å². The molecule has 0 aliphatic heterocycles. The highest BCUT2D eigenvalue weighted by molar-refractivity contribution is 7.79. The number of hydrogen-bond donors (Lipinski definition) is 3. The minimum absolute atomic E-state index is 0.0451. The molecule has 18 heavy (non-hydrogen) atoms. The van der Waals surface area contributed by atoms with E-state index < -0.39 is 10.4 Å². The first-order valence-electron chi connectivity index (χ1n) is 6.55. The topological polar surface area (TPSA) is 101 Å². The van der Waals surface area contributed by atoms with E-state index in [-0.39, 0.29) is 5.54 Å². The van der Waals surface area contributed by atoms with Crippen LogP contribution in [0.2, 0.25) is 0 Å². The largest absolute Gasteiger partial charge is 0.394 e. The first-order chi connectivity index (χ1) is 8.06. The van der Waals surface area contributed by atoms with Gasteiger partial charge < -0.3 is 5.73 Å². The molecule has 0 fully saturated rings. The fraction of sp³-hybridized carbons (Fsp3) is 1.00. The van der Waals surface area contributed by atoms with Crippen molar-refractivity contribution >= 4 is 10.4 Å². The van der Waals surface area contributed by atoms with Gasteiger partial charge in [0, 0.05) is 5.54 Å². The highest BCUT2D eigenvalue weighted by Crippen LogP contribution is 2.13. The van der Waals surface area contributed by atoms with Crippen molar-refractivity contribution in [2.75, 3.05) is 0 Å². The number of unbranched alkanes of at least 4 members (excludes halogenated alkanes) is 6. The normalized spacial score (nSPS) is 11.9. The zero-order valence-electron chi connectivity index (χ0n) is 11.9. The zero-order chi connectivity index (χ0) is 14.7. The maximum absolute atomic E-state index is 8.74. The predicted octanol–water partition coefficient (Wildman–Crippen LogP) is 3.21. The highest BCUT2D eigenvalue weighted by Gasteiger charge is 2.08. The molecule has 0 unspecified atom stereocenters. The summed E-state index contributed by atoms with van der Waals surface area (Å²) in [7, 11) is -4.67. The van der Waals surface area contributed by atoms with Crippen LogP contribution in [0.1, 0.15) is 72.1 Å². The van der Waals surface area contributed by atoms with Crippen LogP contribution < -0.4 is 5.73 Å². The van der Waals surface area contributed by atoms with Crippen LogP contribution in [0, 0.1) is 0 Å². The maximum Gasteiger partial charge on any atom is 0.394 e. The van der Waals surface area contributed by atoms with Gasteiger partial charge in [-0.1, -0.05) is 51.9 Å². The van der Waals surface area contributed by atoms with Crippen LogP contribution in [0.15, 0.2) is 0 Å². The quantitative estimate of drug-likeness (QED) is 0.469. The molecule has 0 saturated carbocycles. The van der Waals surface area contributed by atoms with Gasteiger partial charge in [-0.2, -0.15) is 8.42 Å². The Morgan fingerprint density at radius 3 is 1.61 bits per heavy atom. The molecule has 0 aromatic carbocycles. The molecule has 0 aromatic heterocycles. The van der Waals surface area contributed by atoms with E-state index in [1.165, 1.54) is 51.4 Å². The Morgan fingerprint density at radius 1 is 0.944 bits per heavy atom. The van der Waals surface area contributed by atoms with Crippen LogP contribution in [0.25, 0.3) is 0 Å². The third-order valence-corrected chi connectivity index (χ3v) is 2.42. The minimum atomic E-state index is -4.67. The van der Waals surface area contributed by atoms with Gasteiger partial charge in [0.2, 0.25) is 0 Å². The summed E-state index contributed by atoms with van der Waals surface area (Å²) in [5.74, 6) is 0. The Morgan fingerprint density at radius 2 is 1.28 bits per heavy atom. The SMILES string of the molecule is CCCCCCCCCC(C)(C)N.O=S(=O)(O)O. The van der Waals surface area contributed by atoms with Crippen molar-refractivity contribution in [3.8, 4) is 0 Å². The molecule has 4 N–H and O–H groups in total. The summed E-state index contributed by atoms with van der Waals surface area (Å²) >= 11 is 0. The second-order valence-electron chi connectivity index (χ2n) is 5.31. The fourth-order valence-electron chi connectivity index (χ4n) is 1.54. The van der Waals surface area contributed by atoms with Gasteiger partial charge in [-0.15, -0.1) is 0 Å². The summed E-state index contributed by atoms with van der Waals surface area (Å²) in [5, 5.41) is 0. The van der Waals surface area contributed by atoms with E-state index >= 15 is 0 Å². The highest BCUT2D eigenvalue weighted by atomic mass is 32.3. The Kier molecular flexibility index (Phi) is 12.0. The summed E-state index contributed by atoms with van der Waals surface area (Å²) < 4.78 is 31.6. The van der Waals surface area contributed by atoms with Crippen LogP contribution in [0.4, 0.5) is 0 Å². The van der Waals surface area contributed by atoms with Gasteiger partial charge in [0.05, 0.1) is 0 Å². The summed E-state index contributed by atoms with van der Waals surface area (Å²) in [6.07, 6.45) is 10.8. The molecule has 0 amide bonds. The average molecular weight is 283 g/mol. The molecule has 112 valence electrons. The van der Waals surface area contributed by atoms with Gasteiger partial charge in [-0.3, -0.25) is 9.11 Å². The van der Waals surface area contributed by atoms with Gasteiger partial charge in [0.25, 0.3) is 0 Å². The lowest BCUT2D eigenvalue weighted by Gasteiger charge is -2.17. The zero-order valence-corrected chi connectivity index (χ0v) is 12.7. The second kappa shape index (κ2) is 10.7. The van der Waals surface area contributed by atoms with Crippen LogP contribution in [-0.4, -0.2) is 23.1 Å². The first kappa shape index (κ1) is 20.2. The Hall–Kier alpha value is -0.170. The number of nitrogens with two attached hydrogens (primary N) is 1. The molecule has 0 spiro atoms. The molecule has 0 radical (unpaired) electrons. The Bertz CT molecular complexity index is 262. The van der Waals surface area contributed by atoms with Gasteiger partial charge in [0.15, 0.2) is 0 Å². The van der Waals surface area contributed by atoms with Crippen molar-refractivity contribution < 1.29 is 17.5 Å². The van der Waals surface area contributed by atoms with E-state index in [9.17, 15) is 0 Å². The van der Waals surface area contributed by atoms with E-state index in [1.54, 1.807) is 0 Å². The smallest absolute Gasteiger partial charge is 0.326 e. The van der Waals surface area contributed by atoms with Gasteiger partial charge in [0.1, 0.15) is 0 Å². The fourth-order valence-corrected chi connectivity index (χ4v) is 1.54. The van der Waals surface area contributed by atoms with Gasteiger partial charge in [-0.05, 0) is 20.3 Å². The third kappa shape index (κ3) is 36.0. The Balaban J connectivity index is 0. The van der Waals surface area contributed by atoms with Crippen LogP contribution >= 0.6 is 0 Å². The lowest BCUT2D eigenvalue weighted by Crippen LogP contribution is -2.31. The lowest BCUT2D eigenvalue weighted by molar-refractivity contribution is 0.381. The third-order valence-electron chi connectivity index (χ3n) is 2.42. The molecule has 5 nitrogen and oxygen atoms in total.